The first kappa shape index (κ1) is 10.9. The Morgan fingerprint density at radius 1 is 1.64 bits per heavy atom. The van der Waals surface area contributed by atoms with Crippen LogP contribution in [0, 0.1) is 0 Å². The van der Waals surface area contributed by atoms with E-state index in [0.29, 0.717) is 6.54 Å². The van der Waals surface area contributed by atoms with E-state index in [2.05, 4.69) is 6.58 Å². The third kappa shape index (κ3) is 3.74. The zero-order valence-corrected chi connectivity index (χ0v) is 8.03. The standard InChI is InChI=1S/C6H12ClNO2S/c1-3-5-8(2)11(9,10)6-4-7/h3H,1,4-6H2,2H3. The highest BCUT2D eigenvalue weighted by atomic mass is 35.5. The van der Waals surface area contributed by atoms with Crippen molar-refractivity contribution in [2.24, 2.45) is 0 Å². The van der Waals surface area contributed by atoms with Gasteiger partial charge in [-0.2, -0.15) is 0 Å². The smallest absolute Gasteiger partial charge is 0.212 e. The number of sulfonamides is 1. The molecule has 0 aliphatic carbocycles. The van der Waals surface area contributed by atoms with Crippen molar-refractivity contribution in [2.75, 3.05) is 25.2 Å². The zero-order chi connectivity index (χ0) is 8.91. The minimum absolute atomic E-state index is 0.0150. The molecule has 0 radical (unpaired) electrons. The average molecular weight is 198 g/mol. The predicted molar refractivity (Wildman–Crippen MR) is 47.3 cm³/mol. The summed E-state index contributed by atoms with van der Waals surface area (Å²) in [5.41, 5.74) is 0. The molecule has 0 unspecified atom stereocenters. The maximum atomic E-state index is 11.1. The van der Waals surface area contributed by atoms with E-state index >= 15 is 0 Å². The molecule has 0 aliphatic rings. The largest absolute Gasteiger partial charge is 0.215 e. The van der Waals surface area contributed by atoms with Gasteiger partial charge in [0.25, 0.3) is 0 Å². The van der Waals surface area contributed by atoms with E-state index in [4.69, 9.17) is 11.6 Å². The molecule has 0 atom stereocenters. The van der Waals surface area contributed by atoms with Crippen molar-refractivity contribution in [3.63, 3.8) is 0 Å². The number of rotatable bonds is 5. The molecule has 0 N–H and O–H groups in total. The van der Waals surface area contributed by atoms with E-state index in [-0.39, 0.29) is 11.6 Å². The molecule has 0 saturated carbocycles. The van der Waals surface area contributed by atoms with Crippen LogP contribution in [0.15, 0.2) is 12.7 Å². The minimum Gasteiger partial charge on any atom is -0.212 e. The van der Waals surface area contributed by atoms with E-state index in [9.17, 15) is 8.42 Å². The summed E-state index contributed by atoms with van der Waals surface area (Å²) in [6.45, 7) is 3.77. The lowest BCUT2D eigenvalue weighted by Crippen LogP contribution is -2.29. The Balaban J connectivity index is 4.18. The minimum atomic E-state index is -3.14. The first-order valence-corrected chi connectivity index (χ1v) is 5.30. The van der Waals surface area contributed by atoms with E-state index < -0.39 is 10.0 Å². The van der Waals surface area contributed by atoms with Crippen LogP contribution in [-0.2, 0) is 10.0 Å². The van der Waals surface area contributed by atoms with Gasteiger partial charge in [-0.15, -0.1) is 18.2 Å². The molecule has 0 fully saturated rings. The summed E-state index contributed by atoms with van der Waals surface area (Å²) in [6, 6.07) is 0. The molecule has 0 spiro atoms. The van der Waals surface area contributed by atoms with E-state index in [0.717, 1.165) is 0 Å². The number of likely N-dealkylation sites (N-methyl/N-ethyl adjacent to an activating group) is 1. The normalized spacial score (nSPS) is 11.9. The van der Waals surface area contributed by atoms with Crippen molar-refractivity contribution < 1.29 is 8.42 Å². The number of hydrogen-bond donors (Lipinski definition) is 0. The highest BCUT2D eigenvalue weighted by Gasteiger charge is 2.14. The second-order valence-corrected chi connectivity index (χ2v) is 4.65. The number of nitrogens with zero attached hydrogens (tertiary/aromatic N) is 1. The van der Waals surface area contributed by atoms with Crippen LogP contribution < -0.4 is 0 Å². The summed E-state index contributed by atoms with van der Waals surface area (Å²) in [5.74, 6) is 0.114. The Morgan fingerprint density at radius 3 is 2.55 bits per heavy atom. The Kier molecular flexibility index (Phi) is 4.72. The molecule has 0 bridgehead atoms. The number of halogens is 1. The van der Waals surface area contributed by atoms with Gasteiger partial charge >= 0.3 is 0 Å². The Labute approximate surface area is 72.7 Å². The van der Waals surface area contributed by atoms with Gasteiger partial charge in [-0.25, -0.2) is 12.7 Å². The molecule has 5 heteroatoms. The van der Waals surface area contributed by atoms with Crippen molar-refractivity contribution in [3.8, 4) is 0 Å². The van der Waals surface area contributed by atoms with E-state index in [1.165, 1.54) is 17.4 Å². The fourth-order valence-corrected chi connectivity index (χ4v) is 1.97. The van der Waals surface area contributed by atoms with Gasteiger partial charge in [-0.3, -0.25) is 0 Å². The van der Waals surface area contributed by atoms with E-state index in [1.54, 1.807) is 0 Å². The molecule has 0 aliphatic heterocycles. The Morgan fingerprint density at radius 2 is 2.18 bits per heavy atom. The summed E-state index contributed by atoms with van der Waals surface area (Å²) >= 11 is 5.30. The molecule has 0 rings (SSSR count). The molecular formula is C6H12ClNO2S. The van der Waals surface area contributed by atoms with E-state index in [1.807, 2.05) is 0 Å². The topological polar surface area (TPSA) is 37.4 Å². The molecule has 0 aromatic heterocycles. The third-order valence-corrected chi connectivity index (χ3v) is 3.43. The number of alkyl halides is 1. The summed E-state index contributed by atoms with van der Waals surface area (Å²) in [5, 5.41) is 0. The maximum Gasteiger partial charge on any atom is 0.215 e. The van der Waals surface area contributed by atoms with Gasteiger partial charge in [-0.1, -0.05) is 6.08 Å². The van der Waals surface area contributed by atoms with Crippen LogP contribution in [0.25, 0.3) is 0 Å². The van der Waals surface area contributed by atoms with Crippen LogP contribution in [-0.4, -0.2) is 37.9 Å². The van der Waals surface area contributed by atoms with Crippen LogP contribution in [0.1, 0.15) is 0 Å². The van der Waals surface area contributed by atoms with Gasteiger partial charge in [0.15, 0.2) is 0 Å². The highest BCUT2D eigenvalue weighted by Crippen LogP contribution is 1.98. The summed E-state index contributed by atoms with van der Waals surface area (Å²) in [4.78, 5) is 0. The summed E-state index contributed by atoms with van der Waals surface area (Å²) in [6.07, 6.45) is 1.53. The molecule has 3 nitrogen and oxygen atoms in total. The lowest BCUT2D eigenvalue weighted by Gasteiger charge is -2.13. The molecule has 0 heterocycles. The van der Waals surface area contributed by atoms with Gasteiger partial charge in [0.1, 0.15) is 0 Å². The first-order valence-electron chi connectivity index (χ1n) is 3.15. The summed E-state index contributed by atoms with van der Waals surface area (Å²) < 4.78 is 23.5. The highest BCUT2D eigenvalue weighted by molar-refractivity contribution is 7.89. The average Bonchev–Trinajstić information content (AvgIpc) is 1.88. The van der Waals surface area contributed by atoms with Gasteiger partial charge in [0, 0.05) is 19.5 Å². The van der Waals surface area contributed by atoms with Gasteiger partial charge in [0.2, 0.25) is 10.0 Å². The van der Waals surface area contributed by atoms with Crippen molar-refractivity contribution in [3.05, 3.63) is 12.7 Å². The SMILES string of the molecule is C=CCN(C)S(=O)(=O)CCCl. The van der Waals surface area contributed by atoms with Crippen LogP contribution in [0.4, 0.5) is 0 Å². The molecule has 0 aromatic rings. The van der Waals surface area contributed by atoms with Crippen molar-refractivity contribution >= 4 is 21.6 Å². The van der Waals surface area contributed by atoms with Crippen molar-refractivity contribution in [1.82, 2.24) is 4.31 Å². The zero-order valence-electron chi connectivity index (χ0n) is 6.46. The monoisotopic (exact) mass is 197 g/mol. The van der Waals surface area contributed by atoms with Gasteiger partial charge < -0.3 is 0 Å². The number of hydrogen-bond acceptors (Lipinski definition) is 2. The van der Waals surface area contributed by atoms with Gasteiger partial charge in [0.05, 0.1) is 5.75 Å². The third-order valence-electron chi connectivity index (χ3n) is 1.20. The fraction of sp³-hybridized carbons (Fsp3) is 0.667. The van der Waals surface area contributed by atoms with Crippen LogP contribution in [0.5, 0.6) is 0 Å². The quantitative estimate of drug-likeness (QED) is 0.480. The predicted octanol–water partition coefficient (Wildman–Crippen LogP) is 0.673. The lowest BCUT2D eigenvalue weighted by molar-refractivity contribution is 0.501. The molecule has 66 valence electrons. The second-order valence-electron chi connectivity index (χ2n) is 2.07. The van der Waals surface area contributed by atoms with Crippen LogP contribution >= 0.6 is 11.6 Å². The van der Waals surface area contributed by atoms with Crippen LogP contribution in [0.3, 0.4) is 0 Å². The van der Waals surface area contributed by atoms with Crippen molar-refractivity contribution in [1.29, 1.82) is 0 Å². The molecule has 0 amide bonds. The maximum absolute atomic E-state index is 11.1. The molecule has 0 saturated heterocycles. The summed E-state index contributed by atoms with van der Waals surface area (Å²) in [7, 11) is -1.64. The Bertz CT molecular complexity index is 213. The lowest BCUT2D eigenvalue weighted by atomic mass is 10.6. The molecular weight excluding hydrogens is 186 g/mol. The molecule has 0 aromatic carbocycles. The van der Waals surface area contributed by atoms with Crippen LogP contribution in [0.2, 0.25) is 0 Å². The molecule has 11 heavy (non-hydrogen) atoms. The Hall–Kier alpha value is -0.0600. The second kappa shape index (κ2) is 4.74. The van der Waals surface area contributed by atoms with Crippen molar-refractivity contribution in [2.45, 2.75) is 0 Å². The van der Waals surface area contributed by atoms with Gasteiger partial charge in [-0.05, 0) is 0 Å². The fourth-order valence-electron chi connectivity index (χ4n) is 0.549. The first-order chi connectivity index (χ1) is 5.04.